The predicted octanol–water partition coefficient (Wildman–Crippen LogP) is 0.347. The normalized spacial score (nSPS) is 20.1. The van der Waals surface area contributed by atoms with Crippen LogP contribution < -0.4 is 27.6 Å². The highest BCUT2D eigenvalue weighted by Crippen LogP contribution is 2.31. The Morgan fingerprint density at radius 3 is 2.81 bits per heavy atom. The molecule has 1 aromatic heterocycles. The summed E-state index contributed by atoms with van der Waals surface area (Å²) in [4.78, 5) is 28.0. The number of unbranched alkanes of at least 4 members (excludes halogenated alkanes) is 1. The third-order valence-electron chi connectivity index (χ3n) is 5.07. The molecular formula is C19H28N6O2. The van der Waals surface area contributed by atoms with Gasteiger partial charge in [0.05, 0.1) is 12.1 Å². The van der Waals surface area contributed by atoms with Gasteiger partial charge in [0.15, 0.2) is 0 Å². The highest BCUT2D eigenvalue weighted by molar-refractivity contribution is 5.90. The van der Waals surface area contributed by atoms with Gasteiger partial charge in [-0.15, -0.1) is 0 Å². The van der Waals surface area contributed by atoms with Crippen molar-refractivity contribution in [3.8, 4) is 0 Å². The van der Waals surface area contributed by atoms with Crippen molar-refractivity contribution >= 4 is 22.7 Å². The predicted molar refractivity (Wildman–Crippen MR) is 105 cm³/mol. The minimum atomic E-state index is -0.657. The largest absolute Gasteiger partial charge is 0.357 e. The molecule has 0 bridgehead atoms. The van der Waals surface area contributed by atoms with Crippen molar-refractivity contribution in [3.05, 3.63) is 35.5 Å². The Balaban J connectivity index is 1.59. The maximum absolute atomic E-state index is 12.5. The molecule has 8 N–H and O–H groups in total. The minimum absolute atomic E-state index is 0.00567. The summed E-state index contributed by atoms with van der Waals surface area (Å²) in [5, 5.41) is 4.42. The van der Waals surface area contributed by atoms with E-state index in [-0.39, 0.29) is 11.9 Å². The lowest BCUT2D eigenvalue weighted by atomic mass is 9.94. The van der Waals surface area contributed by atoms with Crippen LogP contribution in [0, 0.1) is 0 Å². The second-order valence-electron chi connectivity index (χ2n) is 7.08. The first-order chi connectivity index (χ1) is 13.0. The van der Waals surface area contributed by atoms with Crippen molar-refractivity contribution in [3.63, 3.8) is 0 Å². The van der Waals surface area contributed by atoms with Gasteiger partial charge in [-0.1, -0.05) is 24.6 Å². The number of aromatic nitrogens is 1. The van der Waals surface area contributed by atoms with Gasteiger partial charge in [0.1, 0.15) is 0 Å². The number of H-pyrrole nitrogens is 1. The van der Waals surface area contributed by atoms with Crippen molar-refractivity contribution in [1.29, 1.82) is 0 Å². The summed E-state index contributed by atoms with van der Waals surface area (Å²) in [7, 11) is 0. The van der Waals surface area contributed by atoms with Crippen molar-refractivity contribution in [2.45, 2.75) is 50.7 Å². The number of nitrogens with one attached hydrogen (secondary N) is 4. The Kier molecular flexibility index (Phi) is 6.10. The van der Waals surface area contributed by atoms with Gasteiger partial charge >= 0.3 is 0 Å². The first kappa shape index (κ1) is 19.3. The van der Waals surface area contributed by atoms with Crippen LogP contribution in [0.4, 0.5) is 0 Å². The van der Waals surface area contributed by atoms with Crippen LogP contribution in [0.15, 0.2) is 24.3 Å². The molecular weight excluding hydrogens is 344 g/mol. The average Bonchev–Trinajstić information content (AvgIpc) is 3.05. The van der Waals surface area contributed by atoms with Crippen LogP contribution in [-0.4, -0.2) is 35.4 Å². The number of hydrogen-bond acceptors (Lipinski definition) is 5. The summed E-state index contributed by atoms with van der Waals surface area (Å²) in [5.41, 5.74) is 19.5. The molecule has 1 aromatic carbocycles. The number of hydrazine groups is 1. The lowest BCUT2D eigenvalue weighted by Crippen LogP contribution is -2.56. The Hall–Kier alpha value is -2.42. The third-order valence-corrected chi connectivity index (χ3v) is 5.07. The molecule has 1 aliphatic heterocycles. The Morgan fingerprint density at radius 1 is 1.26 bits per heavy atom. The number of carbonyl (C=O) groups is 2. The van der Waals surface area contributed by atoms with E-state index in [1.807, 2.05) is 25.1 Å². The zero-order valence-corrected chi connectivity index (χ0v) is 15.5. The fourth-order valence-corrected chi connectivity index (χ4v) is 3.57. The van der Waals surface area contributed by atoms with E-state index >= 15 is 0 Å². The molecule has 146 valence electrons. The summed E-state index contributed by atoms with van der Waals surface area (Å²) < 4.78 is 0. The number of rotatable bonds is 6. The standard InChI is InChI=1S/C19H28N6O2/c1-11-17-13(12-6-2-3-8-15(12)23-17)10-16(22-11)19(27)25-24-18(26)14(21)7-4-5-9-20/h2-3,6,8,11,14,16,22-23H,4-5,7,9-10,20-21H2,1H3,(H,24,26)(H,25,27)/t11-,14-,16-/m0/s1. The fourth-order valence-electron chi connectivity index (χ4n) is 3.57. The molecule has 0 fully saturated rings. The van der Waals surface area contributed by atoms with Crippen LogP contribution in [0.3, 0.4) is 0 Å². The lowest BCUT2D eigenvalue weighted by molar-refractivity contribution is -0.130. The van der Waals surface area contributed by atoms with Crippen LogP contribution >= 0.6 is 0 Å². The van der Waals surface area contributed by atoms with E-state index in [2.05, 4.69) is 27.2 Å². The SMILES string of the molecule is C[C@@H]1N[C@H](C(=O)NNC(=O)[C@@H](N)CCCCN)Cc2c1[nH]c1ccccc21. The second kappa shape index (κ2) is 8.51. The monoisotopic (exact) mass is 372 g/mol. The summed E-state index contributed by atoms with van der Waals surface area (Å²) in [6.45, 7) is 2.59. The molecule has 0 unspecified atom stereocenters. The molecule has 1 aliphatic rings. The van der Waals surface area contributed by atoms with Gasteiger partial charge < -0.3 is 16.5 Å². The van der Waals surface area contributed by atoms with Gasteiger partial charge in [-0.3, -0.25) is 25.8 Å². The number of para-hydroxylation sites is 1. The fraction of sp³-hybridized carbons (Fsp3) is 0.474. The average molecular weight is 372 g/mol. The van der Waals surface area contributed by atoms with E-state index in [1.165, 1.54) is 0 Å². The van der Waals surface area contributed by atoms with Gasteiger partial charge in [-0.25, -0.2) is 0 Å². The van der Waals surface area contributed by atoms with Crippen LogP contribution in [0.25, 0.3) is 10.9 Å². The summed E-state index contributed by atoms with van der Waals surface area (Å²) >= 11 is 0. The van der Waals surface area contributed by atoms with Gasteiger partial charge in [-0.05, 0) is 44.4 Å². The van der Waals surface area contributed by atoms with Crippen molar-refractivity contribution in [1.82, 2.24) is 21.2 Å². The quantitative estimate of drug-likeness (QED) is 0.321. The zero-order valence-electron chi connectivity index (χ0n) is 15.5. The first-order valence-corrected chi connectivity index (χ1v) is 9.42. The molecule has 0 aliphatic carbocycles. The van der Waals surface area contributed by atoms with Gasteiger partial charge in [0, 0.05) is 22.6 Å². The van der Waals surface area contributed by atoms with Gasteiger partial charge in [-0.2, -0.15) is 0 Å². The molecule has 0 saturated carbocycles. The maximum Gasteiger partial charge on any atom is 0.255 e. The van der Waals surface area contributed by atoms with E-state index in [1.54, 1.807) is 0 Å². The van der Waals surface area contributed by atoms with Gasteiger partial charge in [0.2, 0.25) is 0 Å². The molecule has 2 aromatic rings. The van der Waals surface area contributed by atoms with E-state index < -0.39 is 18.0 Å². The number of benzene rings is 1. The molecule has 2 heterocycles. The highest BCUT2D eigenvalue weighted by Gasteiger charge is 2.31. The smallest absolute Gasteiger partial charge is 0.255 e. The maximum atomic E-state index is 12.5. The summed E-state index contributed by atoms with van der Waals surface area (Å²) in [6, 6.07) is 6.98. The molecule has 2 amide bonds. The van der Waals surface area contributed by atoms with E-state index in [9.17, 15) is 9.59 Å². The number of nitrogens with two attached hydrogens (primary N) is 2. The highest BCUT2D eigenvalue weighted by atomic mass is 16.2. The molecule has 3 rings (SSSR count). The summed E-state index contributed by atoms with van der Waals surface area (Å²) in [5.74, 6) is -0.669. The Labute approximate surface area is 158 Å². The summed E-state index contributed by atoms with van der Waals surface area (Å²) in [6.07, 6.45) is 2.69. The molecule has 0 saturated heterocycles. The molecule has 0 radical (unpaired) electrons. The van der Waals surface area contributed by atoms with Crippen molar-refractivity contribution in [2.75, 3.05) is 6.54 Å². The first-order valence-electron chi connectivity index (χ1n) is 9.42. The Bertz CT molecular complexity index is 818. The lowest BCUT2D eigenvalue weighted by Gasteiger charge is -2.28. The number of carbonyl (C=O) groups excluding carboxylic acids is 2. The van der Waals surface area contributed by atoms with Crippen LogP contribution in [0.5, 0.6) is 0 Å². The topological polar surface area (TPSA) is 138 Å². The molecule has 3 atom stereocenters. The van der Waals surface area contributed by atoms with E-state index in [4.69, 9.17) is 11.5 Å². The van der Waals surface area contributed by atoms with Crippen LogP contribution in [0.1, 0.15) is 43.5 Å². The zero-order chi connectivity index (χ0) is 19.4. The third kappa shape index (κ3) is 4.29. The molecule has 0 spiro atoms. The van der Waals surface area contributed by atoms with Crippen LogP contribution in [-0.2, 0) is 16.0 Å². The van der Waals surface area contributed by atoms with Crippen molar-refractivity contribution in [2.24, 2.45) is 11.5 Å². The van der Waals surface area contributed by atoms with Gasteiger partial charge in [0.25, 0.3) is 11.8 Å². The Morgan fingerprint density at radius 2 is 2.04 bits per heavy atom. The minimum Gasteiger partial charge on any atom is -0.357 e. The molecule has 8 nitrogen and oxygen atoms in total. The molecule has 8 heteroatoms. The second-order valence-corrected chi connectivity index (χ2v) is 7.08. The van der Waals surface area contributed by atoms with Crippen molar-refractivity contribution < 1.29 is 9.59 Å². The van der Waals surface area contributed by atoms with E-state index in [0.717, 1.165) is 35.0 Å². The van der Waals surface area contributed by atoms with E-state index in [0.29, 0.717) is 19.4 Å². The number of aromatic amines is 1. The number of fused-ring (bicyclic) bond motifs is 3. The number of amides is 2. The van der Waals surface area contributed by atoms with Crippen LogP contribution in [0.2, 0.25) is 0 Å². The number of hydrogen-bond donors (Lipinski definition) is 6. The molecule has 27 heavy (non-hydrogen) atoms.